The van der Waals surface area contributed by atoms with Crippen molar-refractivity contribution in [2.24, 2.45) is 0 Å². The molecule has 0 aliphatic heterocycles. The molecule has 0 saturated heterocycles. The van der Waals surface area contributed by atoms with Crippen molar-refractivity contribution in [3.8, 4) is 0 Å². The molecule has 0 radical (unpaired) electrons. The molecule has 0 heterocycles. The average molecular weight is 312 g/mol. The fraction of sp³-hybridized carbons (Fsp3) is 1.00. The maximum absolute atomic E-state index is 12.2. The van der Waals surface area contributed by atoms with Gasteiger partial charge < -0.3 is 18.1 Å². The van der Waals surface area contributed by atoms with Crippen molar-refractivity contribution in [1.82, 2.24) is 0 Å². The van der Waals surface area contributed by atoms with Gasteiger partial charge in [0.1, 0.15) is 0 Å². The van der Waals surface area contributed by atoms with Gasteiger partial charge in [-0.2, -0.15) is 0 Å². The quantitative estimate of drug-likeness (QED) is 0.456. The first-order valence-electron chi connectivity index (χ1n) is 5.71. The second kappa shape index (κ2) is 11.0. The zero-order valence-corrected chi connectivity index (χ0v) is 12.7. The average Bonchev–Trinajstić information content (AvgIpc) is 2.17. The van der Waals surface area contributed by atoms with E-state index in [4.69, 9.17) is 18.1 Å². The maximum atomic E-state index is 12.2. The molecule has 0 fully saturated rings. The van der Waals surface area contributed by atoms with Gasteiger partial charge in [0.15, 0.2) is 5.90 Å². The molecule has 0 bridgehead atoms. The van der Waals surface area contributed by atoms with Crippen molar-refractivity contribution >= 4 is 44.7 Å². The van der Waals surface area contributed by atoms with Gasteiger partial charge in [0.05, 0.1) is 26.4 Å². The van der Waals surface area contributed by atoms with Crippen molar-refractivity contribution < 1.29 is 27.2 Å². The summed E-state index contributed by atoms with van der Waals surface area (Å²) in [4.78, 5) is 0. The van der Waals surface area contributed by atoms with Crippen LogP contribution in [0.25, 0.3) is 0 Å². The molecular formula is C9H23NaO6P2. The van der Waals surface area contributed by atoms with Gasteiger partial charge in [-0.15, -0.1) is 0 Å². The van der Waals surface area contributed by atoms with E-state index < -0.39 is 15.2 Å². The predicted molar refractivity (Wildman–Crippen MR) is 73.7 cm³/mol. The fourth-order valence-electron chi connectivity index (χ4n) is 1.24. The van der Waals surface area contributed by atoms with Crippen LogP contribution < -0.4 is 0 Å². The van der Waals surface area contributed by atoms with Crippen LogP contribution >= 0.6 is 15.2 Å². The van der Waals surface area contributed by atoms with Crippen LogP contribution in [0.4, 0.5) is 0 Å². The van der Waals surface area contributed by atoms with Crippen LogP contribution in [-0.2, 0) is 27.2 Å². The summed E-state index contributed by atoms with van der Waals surface area (Å²) in [5.74, 6) is -0.344. The third-order valence-corrected chi connectivity index (χ3v) is 7.03. The molecular weight excluding hydrogens is 289 g/mol. The van der Waals surface area contributed by atoms with Crippen LogP contribution in [0.5, 0.6) is 0 Å². The van der Waals surface area contributed by atoms with E-state index in [-0.39, 0.29) is 61.9 Å². The van der Waals surface area contributed by atoms with Gasteiger partial charge in [0.25, 0.3) is 0 Å². The normalized spacial score (nSPS) is 12.2. The monoisotopic (exact) mass is 312 g/mol. The van der Waals surface area contributed by atoms with E-state index in [1.807, 2.05) is 0 Å². The van der Waals surface area contributed by atoms with E-state index in [0.717, 1.165) is 0 Å². The number of hydrogen-bond donors (Lipinski definition) is 0. The van der Waals surface area contributed by atoms with Gasteiger partial charge in [-0.25, -0.2) is 0 Å². The summed E-state index contributed by atoms with van der Waals surface area (Å²) in [7, 11) is -6.83. The molecule has 0 saturated carbocycles. The van der Waals surface area contributed by atoms with Crippen LogP contribution in [0.1, 0.15) is 27.7 Å². The second-order valence-electron chi connectivity index (χ2n) is 3.03. The summed E-state index contributed by atoms with van der Waals surface area (Å²) in [5, 5.41) is 0. The van der Waals surface area contributed by atoms with Crippen LogP contribution in [0.3, 0.4) is 0 Å². The Hall–Kier alpha value is 1.30. The molecule has 0 N–H and O–H groups in total. The van der Waals surface area contributed by atoms with Crippen LogP contribution in [0.15, 0.2) is 0 Å². The first kappa shape index (κ1) is 21.6. The molecule has 18 heavy (non-hydrogen) atoms. The molecule has 0 aliphatic rings. The van der Waals surface area contributed by atoms with E-state index >= 15 is 0 Å². The minimum atomic E-state index is -3.41. The Morgan fingerprint density at radius 1 is 0.667 bits per heavy atom. The third-order valence-electron chi connectivity index (χ3n) is 1.65. The standard InChI is InChI=1S/C9H22O6P2.Na.H/c1-5-12-16(10,13-6-2)9-17(11,14-7-3)15-8-4;;/h5-9H2,1-4H3;;. The second-order valence-corrected chi connectivity index (χ2v) is 7.64. The molecule has 0 aromatic heterocycles. The molecule has 0 aromatic carbocycles. The van der Waals surface area contributed by atoms with Crippen LogP contribution in [0.2, 0.25) is 0 Å². The molecule has 0 amide bonds. The molecule has 0 atom stereocenters. The summed E-state index contributed by atoms with van der Waals surface area (Å²) in [5.41, 5.74) is 0. The molecule has 0 spiro atoms. The van der Waals surface area contributed by atoms with Crippen molar-refractivity contribution in [2.75, 3.05) is 32.3 Å². The Morgan fingerprint density at radius 2 is 0.889 bits per heavy atom. The molecule has 106 valence electrons. The topological polar surface area (TPSA) is 71.1 Å². The first-order chi connectivity index (χ1) is 7.95. The molecule has 0 aliphatic carbocycles. The molecule has 9 heteroatoms. The summed E-state index contributed by atoms with van der Waals surface area (Å²) < 4.78 is 44.6. The van der Waals surface area contributed by atoms with Crippen LogP contribution in [-0.4, -0.2) is 61.9 Å². The Morgan fingerprint density at radius 3 is 1.06 bits per heavy atom. The van der Waals surface area contributed by atoms with Gasteiger partial charge in [-0.05, 0) is 27.7 Å². The van der Waals surface area contributed by atoms with Crippen LogP contribution in [0, 0.1) is 0 Å². The molecule has 0 rings (SSSR count). The van der Waals surface area contributed by atoms with Crippen molar-refractivity contribution in [3.63, 3.8) is 0 Å². The Balaban J connectivity index is 0. The van der Waals surface area contributed by atoms with Gasteiger partial charge in [0.2, 0.25) is 0 Å². The fourth-order valence-corrected chi connectivity index (χ4v) is 5.96. The van der Waals surface area contributed by atoms with Crippen molar-refractivity contribution in [2.45, 2.75) is 27.7 Å². The molecule has 0 unspecified atom stereocenters. The Kier molecular flexibility index (Phi) is 13.2. The zero-order chi connectivity index (χ0) is 13.4. The molecule has 0 aromatic rings. The van der Waals surface area contributed by atoms with E-state index in [0.29, 0.717) is 0 Å². The predicted octanol–water partition coefficient (Wildman–Crippen LogP) is 2.83. The van der Waals surface area contributed by atoms with Gasteiger partial charge in [0, 0.05) is 0 Å². The summed E-state index contributed by atoms with van der Waals surface area (Å²) in [6, 6.07) is 0. The van der Waals surface area contributed by atoms with E-state index in [1.54, 1.807) is 27.7 Å². The van der Waals surface area contributed by atoms with E-state index in [9.17, 15) is 9.13 Å². The van der Waals surface area contributed by atoms with Gasteiger partial charge in [-0.3, -0.25) is 9.13 Å². The van der Waals surface area contributed by atoms with Crippen molar-refractivity contribution in [1.29, 1.82) is 0 Å². The minimum absolute atomic E-state index is 0. The van der Waals surface area contributed by atoms with E-state index in [1.165, 1.54) is 0 Å². The zero-order valence-electron chi connectivity index (χ0n) is 10.9. The third kappa shape index (κ3) is 8.47. The van der Waals surface area contributed by atoms with Crippen molar-refractivity contribution in [3.05, 3.63) is 0 Å². The Labute approximate surface area is 131 Å². The molecule has 6 nitrogen and oxygen atoms in total. The van der Waals surface area contributed by atoms with Gasteiger partial charge >= 0.3 is 44.7 Å². The summed E-state index contributed by atoms with van der Waals surface area (Å²) >= 11 is 0. The first-order valence-corrected chi connectivity index (χ1v) is 9.17. The van der Waals surface area contributed by atoms with Gasteiger partial charge in [-0.1, -0.05) is 0 Å². The van der Waals surface area contributed by atoms with E-state index in [2.05, 4.69) is 0 Å². The number of rotatable bonds is 10. The SMILES string of the molecule is CCOP(=O)(CP(=O)(OCC)OCC)OCC.[NaH]. The summed E-state index contributed by atoms with van der Waals surface area (Å²) in [6.07, 6.45) is 0. The summed E-state index contributed by atoms with van der Waals surface area (Å²) in [6.45, 7) is 7.64. The Bertz CT molecular complexity index is 251. The number of hydrogen-bond acceptors (Lipinski definition) is 6.